The average molecular weight is 404 g/mol. The van der Waals surface area contributed by atoms with E-state index in [4.69, 9.17) is 0 Å². The molecular weight excluding hydrogens is 381 g/mol. The van der Waals surface area contributed by atoms with Crippen LogP contribution < -0.4 is 0 Å². The van der Waals surface area contributed by atoms with Crippen LogP contribution >= 0.6 is 11.8 Å². The minimum Gasteiger partial charge on any atom is -0.274 e. The molecule has 146 valence electrons. The quantitative estimate of drug-likeness (QED) is 0.375. The van der Waals surface area contributed by atoms with Crippen molar-refractivity contribution in [3.63, 3.8) is 0 Å². The third kappa shape index (κ3) is 4.57. The molecule has 0 N–H and O–H groups in total. The van der Waals surface area contributed by atoms with E-state index in [-0.39, 0.29) is 5.82 Å². The maximum atomic E-state index is 13.5. The Labute approximate surface area is 174 Å². The van der Waals surface area contributed by atoms with Crippen molar-refractivity contribution < 1.29 is 4.39 Å². The molecule has 0 fully saturated rings. The molecule has 0 amide bonds. The molecule has 1 heterocycles. The number of rotatable bonds is 6. The standard InChI is InChI=1S/C24H22FN3S/c1-17-8-9-18(2)20(14-17)16-29-24-27-26-23(15-19-6-4-3-5-7-19)28(24)22-12-10-21(25)11-13-22/h3-14H,15-16H2,1-2H3. The molecule has 3 aromatic carbocycles. The van der Waals surface area contributed by atoms with Gasteiger partial charge in [-0.1, -0.05) is 65.9 Å². The van der Waals surface area contributed by atoms with Crippen LogP contribution in [0.5, 0.6) is 0 Å². The summed E-state index contributed by atoms with van der Waals surface area (Å²) in [6, 6.07) is 23.2. The van der Waals surface area contributed by atoms with Crippen LogP contribution in [0.3, 0.4) is 0 Å². The molecule has 5 heteroatoms. The highest BCUT2D eigenvalue weighted by molar-refractivity contribution is 7.98. The fourth-order valence-electron chi connectivity index (χ4n) is 3.23. The molecule has 0 aliphatic rings. The second kappa shape index (κ2) is 8.62. The van der Waals surface area contributed by atoms with Gasteiger partial charge in [0.2, 0.25) is 0 Å². The summed E-state index contributed by atoms with van der Waals surface area (Å²) in [5, 5.41) is 9.73. The summed E-state index contributed by atoms with van der Waals surface area (Å²) in [5.41, 5.74) is 5.82. The van der Waals surface area contributed by atoms with E-state index in [1.807, 2.05) is 22.8 Å². The smallest absolute Gasteiger partial charge is 0.196 e. The molecule has 0 unspecified atom stereocenters. The predicted octanol–water partition coefficient (Wildman–Crippen LogP) is 5.91. The Kier molecular flexibility index (Phi) is 5.76. The van der Waals surface area contributed by atoms with Gasteiger partial charge >= 0.3 is 0 Å². The maximum Gasteiger partial charge on any atom is 0.196 e. The lowest BCUT2D eigenvalue weighted by Gasteiger charge is -2.11. The lowest BCUT2D eigenvalue weighted by Crippen LogP contribution is -2.04. The van der Waals surface area contributed by atoms with Crippen LogP contribution in [-0.4, -0.2) is 14.8 Å². The summed E-state index contributed by atoms with van der Waals surface area (Å²) >= 11 is 1.65. The lowest BCUT2D eigenvalue weighted by molar-refractivity contribution is 0.627. The molecule has 0 aliphatic heterocycles. The first-order valence-electron chi connectivity index (χ1n) is 9.53. The van der Waals surface area contributed by atoms with Crippen molar-refractivity contribution in [2.24, 2.45) is 0 Å². The minimum absolute atomic E-state index is 0.254. The van der Waals surface area contributed by atoms with Gasteiger partial charge in [0, 0.05) is 17.9 Å². The highest BCUT2D eigenvalue weighted by Gasteiger charge is 2.16. The summed E-state index contributed by atoms with van der Waals surface area (Å²) < 4.78 is 15.5. The van der Waals surface area contributed by atoms with Gasteiger partial charge in [-0.15, -0.1) is 10.2 Å². The van der Waals surface area contributed by atoms with E-state index in [0.29, 0.717) is 6.42 Å². The van der Waals surface area contributed by atoms with Crippen molar-refractivity contribution in [2.75, 3.05) is 0 Å². The summed E-state index contributed by atoms with van der Waals surface area (Å²) in [6.07, 6.45) is 0.662. The first kappa shape index (κ1) is 19.4. The monoisotopic (exact) mass is 403 g/mol. The zero-order valence-corrected chi connectivity index (χ0v) is 17.3. The second-order valence-corrected chi connectivity index (χ2v) is 8.03. The van der Waals surface area contributed by atoms with Crippen molar-refractivity contribution in [3.05, 3.63) is 107 Å². The van der Waals surface area contributed by atoms with E-state index in [0.717, 1.165) is 28.0 Å². The van der Waals surface area contributed by atoms with Crippen LogP contribution in [-0.2, 0) is 12.2 Å². The lowest BCUT2D eigenvalue weighted by atomic mass is 10.1. The number of halogens is 1. The van der Waals surface area contributed by atoms with Crippen LogP contribution in [0.1, 0.15) is 28.1 Å². The largest absolute Gasteiger partial charge is 0.274 e. The fourth-order valence-corrected chi connectivity index (χ4v) is 4.27. The van der Waals surface area contributed by atoms with E-state index in [2.05, 4.69) is 54.4 Å². The van der Waals surface area contributed by atoms with Gasteiger partial charge in [0.1, 0.15) is 11.6 Å². The molecule has 0 atom stereocenters. The van der Waals surface area contributed by atoms with Crippen molar-refractivity contribution >= 4 is 11.8 Å². The molecule has 4 rings (SSSR count). The highest BCUT2D eigenvalue weighted by atomic mass is 32.2. The maximum absolute atomic E-state index is 13.5. The summed E-state index contributed by atoms with van der Waals surface area (Å²) in [5.74, 6) is 1.39. The van der Waals surface area contributed by atoms with Gasteiger partial charge in [-0.2, -0.15) is 0 Å². The Hall–Kier alpha value is -2.92. The molecule has 3 nitrogen and oxygen atoms in total. The number of aromatic nitrogens is 3. The summed E-state index contributed by atoms with van der Waals surface area (Å²) in [6.45, 7) is 4.23. The highest BCUT2D eigenvalue weighted by Crippen LogP contribution is 2.28. The van der Waals surface area contributed by atoms with Crippen molar-refractivity contribution in [1.29, 1.82) is 0 Å². The molecule has 0 bridgehead atoms. The van der Waals surface area contributed by atoms with Gasteiger partial charge in [-0.05, 0) is 54.8 Å². The number of hydrogen-bond acceptors (Lipinski definition) is 3. The van der Waals surface area contributed by atoms with Gasteiger partial charge in [0.25, 0.3) is 0 Å². The van der Waals surface area contributed by atoms with Gasteiger partial charge < -0.3 is 0 Å². The summed E-state index contributed by atoms with van der Waals surface area (Å²) in [7, 11) is 0. The number of thioether (sulfide) groups is 1. The normalized spacial score (nSPS) is 11.0. The van der Waals surface area contributed by atoms with Crippen molar-refractivity contribution in [1.82, 2.24) is 14.8 Å². The van der Waals surface area contributed by atoms with Crippen LogP contribution in [0.25, 0.3) is 5.69 Å². The third-order valence-electron chi connectivity index (χ3n) is 4.85. The number of benzene rings is 3. The first-order valence-corrected chi connectivity index (χ1v) is 10.5. The zero-order valence-electron chi connectivity index (χ0n) is 16.5. The van der Waals surface area contributed by atoms with Crippen molar-refractivity contribution in [2.45, 2.75) is 31.2 Å². The molecular formula is C24H22FN3S. The van der Waals surface area contributed by atoms with Gasteiger partial charge in [0.05, 0.1) is 0 Å². The molecule has 0 spiro atoms. The van der Waals surface area contributed by atoms with E-state index in [9.17, 15) is 4.39 Å². The molecule has 4 aromatic rings. The Balaban J connectivity index is 1.67. The minimum atomic E-state index is -0.254. The summed E-state index contributed by atoms with van der Waals surface area (Å²) in [4.78, 5) is 0. The molecule has 0 saturated carbocycles. The number of hydrogen-bond donors (Lipinski definition) is 0. The van der Waals surface area contributed by atoms with Gasteiger partial charge in [-0.25, -0.2) is 4.39 Å². The molecule has 0 saturated heterocycles. The number of aryl methyl sites for hydroxylation is 2. The number of nitrogens with zero attached hydrogens (tertiary/aromatic N) is 3. The third-order valence-corrected chi connectivity index (χ3v) is 5.83. The average Bonchev–Trinajstić information content (AvgIpc) is 3.12. The van der Waals surface area contributed by atoms with E-state index >= 15 is 0 Å². The van der Waals surface area contributed by atoms with Crippen LogP contribution in [0.4, 0.5) is 4.39 Å². The Morgan fingerprint density at radius 3 is 2.41 bits per heavy atom. The van der Waals surface area contributed by atoms with Gasteiger partial charge in [0.15, 0.2) is 5.16 Å². The van der Waals surface area contributed by atoms with E-state index < -0.39 is 0 Å². The second-order valence-electron chi connectivity index (χ2n) is 7.09. The molecule has 0 aliphatic carbocycles. The molecule has 1 aromatic heterocycles. The fraction of sp³-hybridized carbons (Fsp3) is 0.167. The van der Waals surface area contributed by atoms with E-state index in [1.54, 1.807) is 23.9 Å². The topological polar surface area (TPSA) is 30.7 Å². The Bertz CT molecular complexity index is 1100. The Morgan fingerprint density at radius 1 is 0.897 bits per heavy atom. The van der Waals surface area contributed by atoms with Crippen LogP contribution in [0.15, 0.2) is 78.0 Å². The van der Waals surface area contributed by atoms with Crippen LogP contribution in [0.2, 0.25) is 0 Å². The SMILES string of the molecule is Cc1ccc(C)c(CSc2nnc(Cc3ccccc3)n2-c2ccc(F)cc2)c1. The Morgan fingerprint density at radius 2 is 1.66 bits per heavy atom. The molecule has 29 heavy (non-hydrogen) atoms. The zero-order chi connectivity index (χ0) is 20.2. The predicted molar refractivity (Wildman–Crippen MR) is 116 cm³/mol. The first-order chi connectivity index (χ1) is 14.1. The molecule has 0 radical (unpaired) electrons. The van der Waals surface area contributed by atoms with Crippen molar-refractivity contribution in [3.8, 4) is 5.69 Å². The van der Waals surface area contributed by atoms with E-state index in [1.165, 1.54) is 28.8 Å². The van der Waals surface area contributed by atoms with Crippen LogP contribution in [0, 0.1) is 19.7 Å². The van der Waals surface area contributed by atoms with Gasteiger partial charge in [-0.3, -0.25) is 4.57 Å².